The minimum Gasteiger partial charge on any atom is -0.486 e. The van der Waals surface area contributed by atoms with Gasteiger partial charge in [-0.15, -0.1) is 0 Å². The summed E-state index contributed by atoms with van der Waals surface area (Å²) < 4.78 is 16.6. The van der Waals surface area contributed by atoms with Gasteiger partial charge in [0.05, 0.1) is 6.10 Å². The van der Waals surface area contributed by atoms with Crippen LogP contribution in [0.15, 0.2) is 18.2 Å². The zero-order chi connectivity index (χ0) is 14.5. The van der Waals surface area contributed by atoms with Gasteiger partial charge in [-0.3, -0.25) is 0 Å². The van der Waals surface area contributed by atoms with Crippen LogP contribution in [0.5, 0.6) is 11.5 Å². The molecule has 2 aliphatic heterocycles. The van der Waals surface area contributed by atoms with E-state index in [1.165, 1.54) is 6.42 Å². The lowest BCUT2D eigenvalue weighted by Gasteiger charge is -2.19. The van der Waals surface area contributed by atoms with Crippen LogP contribution in [0.4, 0.5) is 5.69 Å². The predicted octanol–water partition coefficient (Wildman–Crippen LogP) is 2.31. The second kappa shape index (κ2) is 6.95. The summed E-state index contributed by atoms with van der Waals surface area (Å²) >= 11 is 5.30. The van der Waals surface area contributed by atoms with E-state index in [4.69, 9.17) is 26.4 Å². The number of benzene rings is 1. The Hall–Kier alpha value is -1.53. The SMILES string of the molecule is S=C(NCCC1CCCO1)Nc1ccc2c(c1)OCCO2. The smallest absolute Gasteiger partial charge is 0.170 e. The first-order valence-corrected chi connectivity index (χ1v) is 7.78. The van der Waals surface area contributed by atoms with Crippen LogP contribution in [0.25, 0.3) is 0 Å². The molecular formula is C15H20N2O3S. The number of ether oxygens (including phenoxy) is 3. The van der Waals surface area contributed by atoms with E-state index in [-0.39, 0.29) is 0 Å². The van der Waals surface area contributed by atoms with Gasteiger partial charge in [-0.1, -0.05) is 0 Å². The van der Waals surface area contributed by atoms with E-state index in [9.17, 15) is 0 Å². The Labute approximate surface area is 130 Å². The summed E-state index contributed by atoms with van der Waals surface area (Å²) in [6.45, 7) is 2.90. The molecule has 1 aromatic rings. The van der Waals surface area contributed by atoms with Crippen molar-refractivity contribution in [1.29, 1.82) is 0 Å². The van der Waals surface area contributed by atoms with E-state index in [0.29, 0.717) is 24.4 Å². The molecule has 1 atom stereocenters. The van der Waals surface area contributed by atoms with Crippen LogP contribution < -0.4 is 20.1 Å². The molecule has 1 aromatic carbocycles. The molecule has 6 heteroatoms. The third kappa shape index (κ3) is 3.98. The Morgan fingerprint density at radius 3 is 2.86 bits per heavy atom. The van der Waals surface area contributed by atoms with Gasteiger partial charge in [0.2, 0.25) is 0 Å². The van der Waals surface area contributed by atoms with Gasteiger partial charge < -0.3 is 24.8 Å². The normalized spacial score (nSPS) is 20.1. The lowest BCUT2D eigenvalue weighted by molar-refractivity contribution is 0.105. The number of nitrogens with one attached hydrogen (secondary N) is 2. The van der Waals surface area contributed by atoms with Crippen LogP contribution in [0.1, 0.15) is 19.3 Å². The van der Waals surface area contributed by atoms with Gasteiger partial charge in [0.25, 0.3) is 0 Å². The van der Waals surface area contributed by atoms with Crippen LogP contribution >= 0.6 is 12.2 Å². The maximum absolute atomic E-state index is 5.58. The molecule has 1 saturated heterocycles. The molecule has 5 nitrogen and oxygen atoms in total. The van der Waals surface area contributed by atoms with E-state index in [1.54, 1.807) is 0 Å². The van der Waals surface area contributed by atoms with Crippen molar-refractivity contribution >= 4 is 23.0 Å². The zero-order valence-corrected chi connectivity index (χ0v) is 12.7. The summed E-state index contributed by atoms with van der Waals surface area (Å²) in [5.41, 5.74) is 0.897. The zero-order valence-electron chi connectivity index (χ0n) is 11.9. The second-order valence-electron chi connectivity index (χ2n) is 5.16. The summed E-state index contributed by atoms with van der Waals surface area (Å²) in [7, 11) is 0. The minimum absolute atomic E-state index is 0.384. The van der Waals surface area contributed by atoms with Gasteiger partial charge in [0.1, 0.15) is 13.2 Å². The van der Waals surface area contributed by atoms with Crippen LogP contribution in [0.3, 0.4) is 0 Å². The van der Waals surface area contributed by atoms with E-state index in [0.717, 1.165) is 43.2 Å². The maximum Gasteiger partial charge on any atom is 0.170 e. The van der Waals surface area contributed by atoms with Crippen molar-refractivity contribution in [3.63, 3.8) is 0 Å². The van der Waals surface area contributed by atoms with Gasteiger partial charge >= 0.3 is 0 Å². The highest BCUT2D eigenvalue weighted by Gasteiger charge is 2.15. The highest BCUT2D eigenvalue weighted by Crippen LogP contribution is 2.32. The summed E-state index contributed by atoms with van der Waals surface area (Å²) in [5, 5.41) is 6.98. The molecule has 0 aliphatic carbocycles. The van der Waals surface area contributed by atoms with Crippen molar-refractivity contribution in [3.8, 4) is 11.5 Å². The van der Waals surface area contributed by atoms with Gasteiger partial charge in [0.15, 0.2) is 16.6 Å². The second-order valence-corrected chi connectivity index (χ2v) is 5.57. The fourth-order valence-electron chi connectivity index (χ4n) is 2.52. The van der Waals surface area contributed by atoms with Crippen LogP contribution in [0, 0.1) is 0 Å². The van der Waals surface area contributed by atoms with Gasteiger partial charge in [-0.25, -0.2) is 0 Å². The first kappa shape index (κ1) is 14.4. The number of hydrogen-bond donors (Lipinski definition) is 2. The molecule has 1 fully saturated rings. The standard InChI is InChI=1S/C15H20N2O3S/c21-15(16-6-5-12-2-1-7-18-12)17-11-3-4-13-14(10-11)20-9-8-19-13/h3-4,10,12H,1-2,5-9H2,(H2,16,17,21). The summed E-state index contributed by atoms with van der Waals surface area (Å²) in [5.74, 6) is 1.54. The van der Waals surface area contributed by atoms with E-state index >= 15 is 0 Å². The minimum atomic E-state index is 0.384. The summed E-state index contributed by atoms with van der Waals surface area (Å²) in [4.78, 5) is 0. The summed E-state index contributed by atoms with van der Waals surface area (Å²) in [6, 6.07) is 5.73. The van der Waals surface area contributed by atoms with Crippen molar-refractivity contribution in [2.24, 2.45) is 0 Å². The fourth-order valence-corrected chi connectivity index (χ4v) is 2.74. The Bertz CT molecular complexity index is 504. The van der Waals surface area contributed by atoms with Crippen LogP contribution in [0.2, 0.25) is 0 Å². The van der Waals surface area contributed by atoms with E-state index in [2.05, 4.69) is 10.6 Å². The van der Waals surface area contributed by atoms with Gasteiger partial charge in [-0.05, 0) is 43.6 Å². The molecule has 0 bridgehead atoms. The monoisotopic (exact) mass is 308 g/mol. The number of thiocarbonyl (C=S) groups is 1. The first-order valence-electron chi connectivity index (χ1n) is 7.37. The van der Waals surface area contributed by atoms with Crippen molar-refractivity contribution in [2.75, 3.05) is 31.7 Å². The molecule has 0 saturated carbocycles. The van der Waals surface area contributed by atoms with Crippen molar-refractivity contribution in [2.45, 2.75) is 25.4 Å². The Morgan fingerprint density at radius 2 is 2.05 bits per heavy atom. The molecule has 0 amide bonds. The molecule has 21 heavy (non-hydrogen) atoms. The molecule has 0 aromatic heterocycles. The lowest BCUT2D eigenvalue weighted by Crippen LogP contribution is -2.31. The van der Waals surface area contributed by atoms with E-state index < -0.39 is 0 Å². The number of hydrogen-bond acceptors (Lipinski definition) is 4. The van der Waals surface area contributed by atoms with Gasteiger partial charge in [-0.2, -0.15) is 0 Å². The molecule has 2 aliphatic rings. The number of fused-ring (bicyclic) bond motifs is 1. The molecule has 1 unspecified atom stereocenters. The highest BCUT2D eigenvalue weighted by atomic mass is 32.1. The van der Waals surface area contributed by atoms with Crippen molar-refractivity contribution < 1.29 is 14.2 Å². The number of anilines is 1. The topological polar surface area (TPSA) is 51.8 Å². The van der Waals surface area contributed by atoms with Crippen molar-refractivity contribution in [3.05, 3.63) is 18.2 Å². The van der Waals surface area contributed by atoms with Gasteiger partial charge in [0, 0.05) is 24.9 Å². The number of rotatable bonds is 4. The molecule has 0 spiro atoms. The Kier molecular flexibility index (Phi) is 4.77. The molecule has 3 rings (SSSR count). The summed E-state index contributed by atoms with van der Waals surface area (Å²) in [6.07, 6.45) is 3.70. The highest BCUT2D eigenvalue weighted by molar-refractivity contribution is 7.80. The predicted molar refractivity (Wildman–Crippen MR) is 85.2 cm³/mol. The van der Waals surface area contributed by atoms with Crippen molar-refractivity contribution in [1.82, 2.24) is 5.32 Å². The molecule has 0 radical (unpaired) electrons. The first-order chi connectivity index (χ1) is 10.3. The third-order valence-electron chi connectivity index (χ3n) is 3.58. The van der Waals surface area contributed by atoms with E-state index in [1.807, 2.05) is 18.2 Å². The molecule has 2 N–H and O–H groups in total. The Morgan fingerprint density at radius 1 is 1.19 bits per heavy atom. The average Bonchev–Trinajstić information content (AvgIpc) is 3.00. The molecule has 114 valence electrons. The average molecular weight is 308 g/mol. The maximum atomic E-state index is 5.58. The fraction of sp³-hybridized carbons (Fsp3) is 0.533. The largest absolute Gasteiger partial charge is 0.486 e. The molecular weight excluding hydrogens is 288 g/mol. The Balaban J connectivity index is 1.45. The third-order valence-corrected chi connectivity index (χ3v) is 3.82. The molecule has 2 heterocycles. The van der Waals surface area contributed by atoms with Crippen LogP contribution in [-0.4, -0.2) is 37.6 Å². The lowest BCUT2D eigenvalue weighted by atomic mass is 10.2. The quantitative estimate of drug-likeness (QED) is 0.833. The van der Waals surface area contributed by atoms with Crippen LogP contribution in [-0.2, 0) is 4.74 Å².